The van der Waals surface area contributed by atoms with E-state index in [1.807, 2.05) is 6.07 Å². The van der Waals surface area contributed by atoms with Crippen molar-refractivity contribution in [3.05, 3.63) is 51.5 Å². The van der Waals surface area contributed by atoms with Gasteiger partial charge in [-0.3, -0.25) is 0 Å². The molecule has 2 aromatic rings. The number of halogens is 2. The summed E-state index contributed by atoms with van der Waals surface area (Å²) < 4.78 is 0. The van der Waals surface area contributed by atoms with E-state index in [1.165, 1.54) is 16.7 Å². The Labute approximate surface area is 110 Å². The first-order valence-electron chi connectivity index (χ1n) is 5.48. The Bertz CT molecular complexity index is 605. The maximum absolute atomic E-state index is 6.21. The Morgan fingerprint density at radius 3 is 2.76 bits per heavy atom. The zero-order valence-electron chi connectivity index (χ0n) is 9.35. The minimum atomic E-state index is 0.671. The van der Waals surface area contributed by atoms with E-state index in [4.69, 9.17) is 23.2 Å². The van der Waals surface area contributed by atoms with E-state index in [9.17, 15) is 0 Å². The highest BCUT2D eigenvalue weighted by Gasteiger charge is 2.19. The first-order chi connectivity index (χ1) is 8.16. The fraction of sp³-hybridized carbons (Fsp3) is 0.143. The smallest absolute Gasteiger partial charge is 0.0658 e. The van der Waals surface area contributed by atoms with Gasteiger partial charge in [0.25, 0.3) is 0 Å². The van der Waals surface area contributed by atoms with Crippen LogP contribution in [0.5, 0.6) is 0 Å². The van der Waals surface area contributed by atoms with Gasteiger partial charge in [0.2, 0.25) is 0 Å². The molecule has 1 nitrogen and oxygen atoms in total. The fourth-order valence-electron chi connectivity index (χ4n) is 2.33. The summed E-state index contributed by atoms with van der Waals surface area (Å²) in [5.74, 6) is 0. The van der Waals surface area contributed by atoms with Crippen molar-refractivity contribution in [3.63, 3.8) is 0 Å². The Hall–Kier alpha value is -1.18. The van der Waals surface area contributed by atoms with Crippen molar-refractivity contribution in [1.82, 2.24) is 0 Å². The molecule has 0 atom stereocenters. The van der Waals surface area contributed by atoms with Crippen molar-refractivity contribution in [2.24, 2.45) is 0 Å². The minimum absolute atomic E-state index is 0.671. The van der Waals surface area contributed by atoms with Gasteiger partial charge in [0, 0.05) is 17.1 Å². The van der Waals surface area contributed by atoms with Crippen molar-refractivity contribution in [1.29, 1.82) is 0 Å². The number of fused-ring (bicyclic) bond motifs is 3. The lowest BCUT2D eigenvalue weighted by Gasteiger charge is -2.24. The summed E-state index contributed by atoms with van der Waals surface area (Å²) in [4.78, 5) is 0. The average Bonchev–Trinajstić information content (AvgIpc) is 2.29. The molecule has 0 saturated carbocycles. The summed E-state index contributed by atoms with van der Waals surface area (Å²) in [5, 5.41) is 4.72. The number of hydrogen-bond donors (Lipinski definition) is 1. The maximum atomic E-state index is 6.21. The van der Waals surface area contributed by atoms with Crippen LogP contribution in [0.25, 0.3) is 11.1 Å². The molecular weight excluding hydrogens is 253 g/mol. The van der Waals surface area contributed by atoms with E-state index >= 15 is 0 Å². The molecule has 1 aliphatic rings. The van der Waals surface area contributed by atoms with Gasteiger partial charge >= 0.3 is 0 Å². The van der Waals surface area contributed by atoms with Crippen LogP contribution in [-0.4, -0.2) is 0 Å². The summed E-state index contributed by atoms with van der Waals surface area (Å²) in [6.07, 6.45) is 0. The summed E-state index contributed by atoms with van der Waals surface area (Å²) in [5.41, 5.74) is 5.90. The van der Waals surface area contributed by atoms with Crippen molar-refractivity contribution >= 4 is 28.9 Å². The predicted octanol–water partition coefficient (Wildman–Crippen LogP) is 4.89. The molecule has 86 valence electrons. The SMILES string of the molecule is Cc1cccc2c1CNc1c(Cl)cc(Cl)cc1-2. The number of nitrogens with one attached hydrogen (secondary N) is 1. The first-order valence-corrected chi connectivity index (χ1v) is 6.24. The van der Waals surface area contributed by atoms with Crippen LogP contribution in [0.15, 0.2) is 30.3 Å². The van der Waals surface area contributed by atoms with Crippen LogP contribution in [0.3, 0.4) is 0 Å². The van der Waals surface area contributed by atoms with Gasteiger partial charge in [0.15, 0.2) is 0 Å². The number of rotatable bonds is 0. The number of hydrogen-bond acceptors (Lipinski definition) is 1. The molecule has 0 bridgehead atoms. The second kappa shape index (κ2) is 3.94. The number of aryl methyl sites for hydroxylation is 1. The fourth-order valence-corrected chi connectivity index (χ4v) is 2.89. The van der Waals surface area contributed by atoms with E-state index in [0.717, 1.165) is 17.8 Å². The van der Waals surface area contributed by atoms with Gasteiger partial charge in [-0.05, 0) is 35.7 Å². The summed E-state index contributed by atoms with van der Waals surface area (Å²) >= 11 is 12.3. The molecule has 0 aliphatic carbocycles. The molecule has 0 amide bonds. The lowest BCUT2D eigenvalue weighted by molar-refractivity contribution is 1.10. The first kappa shape index (κ1) is 10.9. The third-order valence-electron chi connectivity index (χ3n) is 3.20. The third kappa shape index (κ3) is 1.70. The van der Waals surface area contributed by atoms with Crippen molar-refractivity contribution in [3.8, 4) is 11.1 Å². The summed E-state index contributed by atoms with van der Waals surface area (Å²) in [7, 11) is 0. The molecule has 3 rings (SSSR count). The Morgan fingerprint density at radius 1 is 1.12 bits per heavy atom. The third-order valence-corrected chi connectivity index (χ3v) is 3.71. The topological polar surface area (TPSA) is 12.0 Å². The van der Waals surface area contributed by atoms with Crippen LogP contribution >= 0.6 is 23.2 Å². The van der Waals surface area contributed by atoms with E-state index in [2.05, 4.69) is 30.4 Å². The van der Waals surface area contributed by atoms with Crippen molar-refractivity contribution in [2.75, 3.05) is 5.32 Å². The lowest BCUT2D eigenvalue weighted by Crippen LogP contribution is -2.10. The molecule has 0 fully saturated rings. The second-order valence-corrected chi connectivity index (χ2v) is 5.11. The monoisotopic (exact) mass is 263 g/mol. The molecule has 0 unspecified atom stereocenters. The molecule has 0 radical (unpaired) electrons. The van der Waals surface area contributed by atoms with E-state index in [0.29, 0.717) is 10.0 Å². The van der Waals surface area contributed by atoms with Crippen LogP contribution in [0, 0.1) is 6.92 Å². The van der Waals surface area contributed by atoms with E-state index in [1.54, 1.807) is 6.07 Å². The van der Waals surface area contributed by atoms with Gasteiger partial charge in [-0.2, -0.15) is 0 Å². The van der Waals surface area contributed by atoms with Gasteiger partial charge in [-0.25, -0.2) is 0 Å². The predicted molar refractivity (Wildman–Crippen MR) is 74.0 cm³/mol. The van der Waals surface area contributed by atoms with Gasteiger partial charge in [-0.1, -0.05) is 41.4 Å². The van der Waals surface area contributed by atoms with Gasteiger partial charge in [0.05, 0.1) is 10.7 Å². The standard InChI is InChI=1S/C14H11Cl2N/c1-8-3-2-4-10-11-5-9(15)6-13(16)14(11)17-7-12(8)10/h2-6,17H,7H2,1H3. The Kier molecular flexibility index (Phi) is 2.53. The average molecular weight is 264 g/mol. The molecule has 2 aromatic carbocycles. The number of benzene rings is 2. The van der Waals surface area contributed by atoms with E-state index in [-0.39, 0.29) is 0 Å². The lowest BCUT2D eigenvalue weighted by atomic mass is 9.92. The van der Waals surface area contributed by atoms with Crippen LogP contribution in [0.1, 0.15) is 11.1 Å². The molecule has 1 heterocycles. The molecule has 0 spiro atoms. The maximum Gasteiger partial charge on any atom is 0.0658 e. The second-order valence-electron chi connectivity index (χ2n) is 4.26. The highest BCUT2D eigenvalue weighted by Crippen LogP contribution is 2.42. The largest absolute Gasteiger partial charge is 0.379 e. The zero-order valence-corrected chi connectivity index (χ0v) is 10.9. The highest BCUT2D eigenvalue weighted by atomic mass is 35.5. The normalized spacial score (nSPS) is 12.6. The minimum Gasteiger partial charge on any atom is -0.379 e. The van der Waals surface area contributed by atoms with Crippen molar-refractivity contribution < 1.29 is 0 Å². The molecular formula is C14H11Cl2N. The Morgan fingerprint density at radius 2 is 1.94 bits per heavy atom. The molecule has 1 N–H and O–H groups in total. The zero-order chi connectivity index (χ0) is 12.0. The highest BCUT2D eigenvalue weighted by molar-refractivity contribution is 6.37. The van der Waals surface area contributed by atoms with Crippen LogP contribution in [0.2, 0.25) is 10.0 Å². The van der Waals surface area contributed by atoms with E-state index < -0.39 is 0 Å². The number of anilines is 1. The Balaban J connectivity index is 2.33. The summed E-state index contributed by atoms with van der Waals surface area (Å²) in [6, 6.07) is 10.0. The molecule has 17 heavy (non-hydrogen) atoms. The summed E-state index contributed by atoms with van der Waals surface area (Å²) in [6.45, 7) is 2.94. The van der Waals surface area contributed by atoms with Gasteiger partial charge in [-0.15, -0.1) is 0 Å². The van der Waals surface area contributed by atoms with Crippen molar-refractivity contribution in [2.45, 2.75) is 13.5 Å². The molecule has 3 heteroatoms. The molecule has 0 saturated heterocycles. The van der Waals surface area contributed by atoms with Crippen LogP contribution in [0.4, 0.5) is 5.69 Å². The van der Waals surface area contributed by atoms with Gasteiger partial charge in [0.1, 0.15) is 0 Å². The molecule has 0 aromatic heterocycles. The molecule has 1 aliphatic heterocycles. The van der Waals surface area contributed by atoms with Crippen LogP contribution in [-0.2, 0) is 6.54 Å². The quantitative estimate of drug-likeness (QED) is 0.714. The van der Waals surface area contributed by atoms with Gasteiger partial charge < -0.3 is 5.32 Å². The van der Waals surface area contributed by atoms with Crippen LogP contribution < -0.4 is 5.32 Å².